The second kappa shape index (κ2) is 5.35. The Balaban J connectivity index is 1.49. The van der Waals surface area contributed by atoms with Gasteiger partial charge in [0, 0.05) is 12.0 Å². The van der Waals surface area contributed by atoms with Gasteiger partial charge in [-0.05, 0) is 24.7 Å². The highest BCUT2D eigenvalue weighted by Crippen LogP contribution is 2.55. The van der Waals surface area contributed by atoms with E-state index in [-0.39, 0.29) is 30.5 Å². The molecule has 0 spiro atoms. The molecule has 2 atom stereocenters. The lowest BCUT2D eigenvalue weighted by Crippen LogP contribution is -2.14. The first-order chi connectivity index (χ1) is 9.98. The zero-order valence-corrected chi connectivity index (χ0v) is 11.4. The fourth-order valence-electron chi connectivity index (χ4n) is 3.45. The van der Waals surface area contributed by atoms with Crippen molar-refractivity contribution < 1.29 is 22.7 Å². The SMILES string of the molecule is O=C(OCCc1cn[nH]c1C(F)(F)F)C1[C@H]2CCCC[C@H]12. The second-order valence-electron chi connectivity index (χ2n) is 5.82. The Morgan fingerprint density at radius 2 is 2.00 bits per heavy atom. The highest BCUT2D eigenvalue weighted by Gasteiger charge is 2.55. The highest BCUT2D eigenvalue weighted by molar-refractivity contribution is 5.76. The summed E-state index contributed by atoms with van der Waals surface area (Å²) in [5, 5.41) is 5.35. The Morgan fingerprint density at radius 3 is 2.62 bits per heavy atom. The molecule has 2 aliphatic rings. The normalized spacial score (nSPS) is 28.0. The maximum absolute atomic E-state index is 12.6. The van der Waals surface area contributed by atoms with E-state index in [1.807, 2.05) is 5.10 Å². The second-order valence-corrected chi connectivity index (χ2v) is 5.82. The number of fused-ring (bicyclic) bond motifs is 1. The Morgan fingerprint density at radius 1 is 1.33 bits per heavy atom. The van der Waals surface area contributed by atoms with Gasteiger partial charge in [-0.3, -0.25) is 9.89 Å². The summed E-state index contributed by atoms with van der Waals surface area (Å²) in [5.41, 5.74) is -0.831. The number of hydrogen-bond acceptors (Lipinski definition) is 3. The highest BCUT2D eigenvalue weighted by atomic mass is 19.4. The lowest BCUT2D eigenvalue weighted by molar-refractivity contribution is -0.146. The Labute approximate surface area is 120 Å². The third kappa shape index (κ3) is 2.91. The zero-order valence-electron chi connectivity index (χ0n) is 11.4. The van der Waals surface area contributed by atoms with Crippen LogP contribution in [0.2, 0.25) is 0 Å². The summed E-state index contributed by atoms with van der Waals surface area (Å²) >= 11 is 0. The molecule has 0 aliphatic heterocycles. The minimum Gasteiger partial charge on any atom is -0.465 e. The lowest BCUT2D eigenvalue weighted by Gasteiger charge is -2.07. The molecule has 4 nitrogen and oxygen atoms in total. The average Bonchev–Trinajstić information content (AvgIpc) is 2.96. The monoisotopic (exact) mass is 302 g/mol. The average molecular weight is 302 g/mol. The van der Waals surface area contributed by atoms with Gasteiger partial charge in [0.25, 0.3) is 0 Å². The van der Waals surface area contributed by atoms with Crippen LogP contribution in [0.15, 0.2) is 6.20 Å². The van der Waals surface area contributed by atoms with Crippen LogP contribution in [0, 0.1) is 17.8 Å². The van der Waals surface area contributed by atoms with E-state index in [9.17, 15) is 18.0 Å². The smallest absolute Gasteiger partial charge is 0.433 e. The minimum atomic E-state index is -4.46. The molecule has 1 aromatic heterocycles. The third-order valence-electron chi connectivity index (χ3n) is 4.55. The number of rotatable bonds is 4. The first kappa shape index (κ1) is 14.4. The van der Waals surface area contributed by atoms with Crippen LogP contribution < -0.4 is 0 Å². The quantitative estimate of drug-likeness (QED) is 0.870. The Kier molecular flexibility index (Phi) is 3.67. The number of H-pyrrole nitrogens is 1. The molecule has 0 saturated heterocycles. The van der Waals surface area contributed by atoms with Crippen molar-refractivity contribution in [1.29, 1.82) is 0 Å². The third-order valence-corrected chi connectivity index (χ3v) is 4.55. The summed E-state index contributed by atoms with van der Waals surface area (Å²) in [5.74, 6) is 0.639. The predicted molar refractivity (Wildman–Crippen MR) is 67.2 cm³/mol. The molecule has 0 amide bonds. The van der Waals surface area contributed by atoms with Gasteiger partial charge in [0.15, 0.2) is 0 Å². The van der Waals surface area contributed by atoms with Crippen molar-refractivity contribution in [2.45, 2.75) is 38.3 Å². The van der Waals surface area contributed by atoms with Gasteiger partial charge in [0.1, 0.15) is 5.69 Å². The van der Waals surface area contributed by atoms with Crippen LogP contribution in [0.3, 0.4) is 0 Å². The van der Waals surface area contributed by atoms with Crippen molar-refractivity contribution in [3.05, 3.63) is 17.5 Å². The number of nitrogens with one attached hydrogen (secondary N) is 1. The lowest BCUT2D eigenvalue weighted by atomic mass is 10.0. The van der Waals surface area contributed by atoms with Gasteiger partial charge in [0.05, 0.1) is 18.7 Å². The van der Waals surface area contributed by atoms with Crippen LogP contribution in [0.25, 0.3) is 0 Å². The summed E-state index contributed by atoms with van der Waals surface area (Å²) < 4.78 is 43.0. The summed E-state index contributed by atoms with van der Waals surface area (Å²) in [6, 6.07) is 0. The molecule has 0 radical (unpaired) electrons. The molecule has 7 heteroatoms. The minimum absolute atomic E-state index is 0.0149. The fraction of sp³-hybridized carbons (Fsp3) is 0.714. The first-order valence-corrected chi connectivity index (χ1v) is 7.24. The Hall–Kier alpha value is -1.53. The van der Waals surface area contributed by atoms with Gasteiger partial charge in [0.2, 0.25) is 0 Å². The molecule has 2 fully saturated rings. The number of alkyl halides is 3. The van der Waals surface area contributed by atoms with Gasteiger partial charge in [-0.2, -0.15) is 18.3 Å². The van der Waals surface area contributed by atoms with Crippen LogP contribution in [-0.4, -0.2) is 22.8 Å². The van der Waals surface area contributed by atoms with Gasteiger partial charge < -0.3 is 4.74 Å². The number of ether oxygens (including phenoxy) is 1. The van der Waals surface area contributed by atoms with Crippen LogP contribution >= 0.6 is 0 Å². The number of carbonyl (C=O) groups excluding carboxylic acids is 1. The number of hydrogen-bond donors (Lipinski definition) is 1. The molecule has 1 aromatic rings. The van der Waals surface area contributed by atoms with E-state index in [2.05, 4.69) is 5.10 Å². The molecule has 21 heavy (non-hydrogen) atoms. The van der Waals surface area contributed by atoms with E-state index >= 15 is 0 Å². The molecular weight excluding hydrogens is 285 g/mol. The maximum atomic E-state index is 12.6. The van der Waals surface area contributed by atoms with Gasteiger partial charge in [-0.1, -0.05) is 12.8 Å². The molecule has 0 aromatic carbocycles. The zero-order chi connectivity index (χ0) is 15.0. The van der Waals surface area contributed by atoms with Crippen molar-refractivity contribution in [2.24, 2.45) is 17.8 Å². The van der Waals surface area contributed by atoms with Crippen molar-refractivity contribution in [3.63, 3.8) is 0 Å². The number of carbonyl (C=O) groups is 1. The van der Waals surface area contributed by atoms with Crippen LogP contribution in [0.1, 0.15) is 36.9 Å². The Bertz CT molecular complexity index is 515. The van der Waals surface area contributed by atoms with Crippen molar-refractivity contribution in [1.82, 2.24) is 10.2 Å². The van der Waals surface area contributed by atoms with E-state index in [1.54, 1.807) is 0 Å². The first-order valence-electron chi connectivity index (χ1n) is 7.24. The van der Waals surface area contributed by atoms with Gasteiger partial charge in [-0.15, -0.1) is 0 Å². The molecule has 1 N–H and O–H groups in total. The van der Waals surface area contributed by atoms with Gasteiger partial charge in [-0.25, -0.2) is 0 Å². The number of nitrogens with zero attached hydrogens (tertiary/aromatic N) is 1. The standard InChI is InChI=1S/C14H17F3N2O2/c15-14(16,17)12-8(7-18-19-12)5-6-21-13(20)11-9-3-1-2-4-10(9)11/h7,9-11H,1-6H2,(H,18,19)/t9-,10-/m0/s1. The molecule has 3 rings (SSSR count). The topological polar surface area (TPSA) is 55.0 Å². The van der Waals surface area contributed by atoms with Crippen LogP contribution in [-0.2, 0) is 22.1 Å². The van der Waals surface area contributed by atoms with Gasteiger partial charge >= 0.3 is 12.1 Å². The molecule has 0 unspecified atom stereocenters. The maximum Gasteiger partial charge on any atom is 0.433 e. The number of aromatic nitrogens is 2. The van der Waals surface area contributed by atoms with Crippen LogP contribution in [0.5, 0.6) is 0 Å². The van der Waals surface area contributed by atoms with E-state index in [0.29, 0.717) is 11.8 Å². The molecule has 2 aliphatic carbocycles. The fourth-order valence-corrected chi connectivity index (χ4v) is 3.45. The molecule has 0 bridgehead atoms. The van der Waals surface area contributed by atoms with Crippen molar-refractivity contribution in [2.75, 3.05) is 6.61 Å². The number of halogens is 3. The van der Waals surface area contributed by atoms with Crippen LogP contribution in [0.4, 0.5) is 13.2 Å². The molecule has 1 heterocycles. The molecule has 116 valence electrons. The van der Waals surface area contributed by atoms with E-state index in [1.165, 1.54) is 0 Å². The molecule has 2 saturated carbocycles. The summed E-state index contributed by atoms with van der Waals surface area (Å²) in [6.45, 7) is -0.0304. The summed E-state index contributed by atoms with van der Waals surface area (Å²) in [6.07, 6.45) is 1.17. The van der Waals surface area contributed by atoms with E-state index in [0.717, 1.165) is 31.9 Å². The van der Waals surface area contributed by atoms with Crippen molar-refractivity contribution >= 4 is 5.97 Å². The predicted octanol–water partition coefficient (Wildman–Crippen LogP) is 2.95. The van der Waals surface area contributed by atoms with E-state index < -0.39 is 11.9 Å². The largest absolute Gasteiger partial charge is 0.465 e. The van der Waals surface area contributed by atoms with Crippen molar-refractivity contribution in [3.8, 4) is 0 Å². The summed E-state index contributed by atoms with van der Waals surface area (Å²) in [4.78, 5) is 11.9. The van der Waals surface area contributed by atoms with E-state index in [4.69, 9.17) is 4.74 Å². The summed E-state index contributed by atoms with van der Waals surface area (Å²) in [7, 11) is 0. The number of esters is 1. The molecular formula is C14H17F3N2O2. The number of aromatic amines is 1.